The number of nitrogens with zero attached hydrogens (tertiary/aromatic N) is 2. The van der Waals surface area contributed by atoms with Gasteiger partial charge in [-0.3, -0.25) is 24.1 Å². The van der Waals surface area contributed by atoms with Crippen LogP contribution in [0.1, 0.15) is 36.8 Å². The minimum atomic E-state index is -0.557. The maximum absolute atomic E-state index is 13.0. The summed E-state index contributed by atoms with van der Waals surface area (Å²) in [6.07, 6.45) is 3.18. The molecule has 0 aromatic heterocycles. The van der Waals surface area contributed by atoms with Crippen molar-refractivity contribution >= 4 is 35.1 Å². The Balaban J connectivity index is 1.13. The number of hydrogen-bond acceptors (Lipinski definition) is 5. The van der Waals surface area contributed by atoms with Gasteiger partial charge in [0.2, 0.25) is 17.7 Å². The molecule has 6 rings (SSSR count). The third-order valence-corrected chi connectivity index (χ3v) is 8.35. The first-order valence-electron chi connectivity index (χ1n) is 12.4. The number of benzene rings is 2. The Labute approximate surface area is 204 Å². The average molecular weight is 473 g/mol. The number of carbonyl (C=O) groups excluding carboxylic acids is 4. The zero-order valence-corrected chi connectivity index (χ0v) is 19.9. The van der Waals surface area contributed by atoms with Crippen molar-refractivity contribution < 1.29 is 23.9 Å². The fraction of sp³-hybridized carbons (Fsp3) is 0.429. The lowest BCUT2D eigenvalue weighted by Gasteiger charge is -2.19. The maximum atomic E-state index is 13.0. The molecule has 0 spiro atoms. The Bertz CT molecular complexity index is 1220. The molecule has 7 heteroatoms. The van der Waals surface area contributed by atoms with Crippen molar-refractivity contribution in [2.24, 2.45) is 29.6 Å². The third kappa shape index (κ3) is 3.48. The van der Waals surface area contributed by atoms with Crippen LogP contribution in [0, 0.1) is 43.4 Å². The van der Waals surface area contributed by atoms with Crippen LogP contribution in [-0.2, 0) is 19.2 Å². The van der Waals surface area contributed by atoms with E-state index < -0.39 is 11.9 Å². The normalized spacial score (nSPS) is 29.3. The lowest BCUT2D eigenvalue weighted by molar-refractivity contribution is -0.139. The number of aryl methyl sites for hydroxylation is 2. The van der Waals surface area contributed by atoms with Crippen LogP contribution in [0.15, 0.2) is 42.5 Å². The fourth-order valence-corrected chi connectivity index (χ4v) is 6.63. The highest BCUT2D eigenvalue weighted by Crippen LogP contribution is 2.56. The third-order valence-electron chi connectivity index (χ3n) is 8.35. The van der Waals surface area contributed by atoms with Gasteiger partial charge in [0, 0.05) is 18.7 Å². The number of imide groups is 1. The standard InChI is InChI=1S/C28H28N2O5/c1-15-3-4-16(2)22(11-15)29-14-19(13-23(29)31)28(34)35-21-9-7-20(8-10-21)30-26(32)24-17-5-6-18(12-17)25(24)27(30)33/h3-4,7-11,17-19,24-25H,5-6,12-14H2,1-2H3/t17-,18-,19-,24-,25+/m0/s1. The van der Waals surface area contributed by atoms with E-state index in [1.54, 1.807) is 29.2 Å². The lowest BCUT2D eigenvalue weighted by atomic mass is 9.81. The molecule has 2 aliphatic heterocycles. The monoisotopic (exact) mass is 472 g/mol. The van der Waals surface area contributed by atoms with Gasteiger partial charge in [0.05, 0.1) is 23.4 Å². The molecule has 5 atom stereocenters. The van der Waals surface area contributed by atoms with Crippen molar-refractivity contribution in [1.82, 2.24) is 0 Å². The van der Waals surface area contributed by atoms with E-state index in [4.69, 9.17) is 4.74 Å². The minimum absolute atomic E-state index is 0.0899. The molecule has 2 saturated heterocycles. The molecule has 4 aliphatic rings. The number of hydrogen-bond donors (Lipinski definition) is 0. The van der Waals surface area contributed by atoms with E-state index in [2.05, 4.69) is 0 Å². The molecule has 0 radical (unpaired) electrons. The molecule has 4 fully saturated rings. The van der Waals surface area contributed by atoms with Crippen molar-refractivity contribution in [2.75, 3.05) is 16.3 Å². The molecule has 7 nitrogen and oxygen atoms in total. The van der Waals surface area contributed by atoms with Gasteiger partial charge in [-0.25, -0.2) is 0 Å². The first-order valence-corrected chi connectivity index (χ1v) is 12.4. The average Bonchev–Trinajstić information content (AvgIpc) is 3.60. The van der Waals surface area contributed by atoms with Crippen molar-refractivity contribution in [3.63, 3.8) is 0 Å². The summed E-state index contributed by atoms with van der Waals surface area (Å²) in [5.41, 5.74) is 3.38. The zero-order valence-electron chi connectivity index (χ0n) is 19.9. The van der Waals surface area contributed by atoms with Crippen LogP contribution in [0.5, 0.6) is 5.75 Å². The second kappa shape index (κ2) is 8.04. The lowest BCUT2D eigenvalue weighted by Crippen LogP contribution is -2.32. The van der Waals surface area contributed by atoms with Gasteiger partial charge in [-0.15, -0.1) is 0 Å². The van der Waals surface area contributed by atoms with E-state index in [1.165, 1.54) is 4.90 Å². The smallest absolute Gasteiger partial charge is 0.316 e. The number of carbonyl (C=O) groups is 4. The Morgan fingerprint density at radius 1 is 0.914 bits per heavy atom. The van der Waals surface area contributed by atoms with Crippen LogP contribution in [0.25, 0.3) is 0 Å². The van der Waals surface area contributed by atoms with Crippen LogP contribution in [0.4, 0.5) is 11.4 Å². The number of esters is 1. The molecule has 35 heavy (non-hydrogen) atoms. The molecule has 0 unspecified atom stereocenters. The first-order chi connectivity index (χ1) is 16.8. The molecule has 2 bridgehead atoms. The number of rotatable bonds is 4. The summed E-state index contributed by atoms with van der Waals surface area (Å²) < 4.78 is 5.57. The highest BCUT2D eigenvalue weighted by Gasteiger charge is 2.61. The molecule has 2 heterocycles. The highest BCUT2D eigenvalue weighted by atomic mass is 16.5. The Kier molecular flexibility index (Phi) is 5.06. The van der Waals surface area contributed by atoms with Gasteiger partial charge >= 0.3 is 5.97 Å². The quantitative estimate of drug-likeness (QED) is 0.384. The van der Waals surface area contributed by atoms with E-state index in [0.717, 1.165) is 36.1 Å². The number of ether oxygens (including phenoxy) is 1. The predicted octanol–water partition coefficient (Wildman–Crippen LogP) is 3.80. The summed E-state index contributed by atoms with van der Waals surface area (Å²) >= 11 is 0. The molecule has 2 aliphatic carbocycles. The summed E-state index contributed by atoms with van der Waals surface area (Å²) in [6, 6.07) is 12.5. The SMILES string of the molecule is Cc1ccc(C)c(N2C[C@@H](C(=O)Oc3ccc(N4C(=O)[C@@H]5[C@H]6CC[C@@H](C6)[C@@H]5C4=O)cc3)CC2=O)c1. The van der Waals surface area contributed by atoms with Gasteiger partial charge in [0.15, 0.2) is 0 Å². The van der Waals surface area contributed by atoms with Gasteiger partial charge in [-0.2, -0.15) is 0 Å². The van der Waals surface area contributed by atoms with Crippen LogP contribution >= 0.6 is 0 Å². The summed E-state index contributed by atoms with van der Waals surface area (Å²) in [6.45, 7) is 4.20. The fourth-order valence-electron chi connectivity index (χ4n) is 6.63. The van der Waals surface area contributed by atoms with Gasteiger partial charge in [-0.05, 0) is 86.4 Å². The Morgan fingerprint density at radius 2 is 1.57 bits per heavy atom. The first kappa shape index (κ1) is 22.0. The molecule has 2 saturated carbocycles. The van der Waals surface area contributed by atoms with Crippen LogP contribution in [0.2, 0.25) is 0 Å². The van der Waals surface area contributed by atoms with Crippen molar-refractivity contribution in [1.29, 1.82) is 0 Å². The molecular formula is C28H28N2O5. The maximum Gasteiger partial charge on any atom is 0.316 e. The van der Waals surface area contributed by atoms with Gasteiger partial charge in [0.1, 0.15) is 5.75 Å². The molecule has 2 aromatic carbocycles. The van der Waals surface area contributed by atoms with E-state index in [0.29, 0.717) is 23.3 Å². The molecule has 180 valence electrons. The van der Waals surface area contributed by atoms with Gasteiger partial charge in [0.25, 0.3) is 0 Å². The van der Waals surface area contributed by atoms with Gasteiger partial charge < -0.3 is 9.64 Å². The molecule has 2 aromatic rings. The summed E-state index contributed by atoms with van der Waals surface area (Å²) in [4.78, 5) is 54.5. The molecule has 0 N–H and O–H groups in total. The van der Waals surface area contributed by atoms with E-state index in [9.17, 15) is 19.2 Å². The van der Waals surface area contributed by atoms with Crippen LogP contribution in [-0.4, -0.2) is 30.2 Å². The second-order valence-corrected chi connectivity index (χ2v) is 10.5. The summed E-state index contributed by atoms with van der Waals surface area (Å²) in [5, 5.41) is 0. The van der Waals surface area contributed by atoms with Crippen molar-refractivity contribution in [3.05, 3.63) is 53.6 Å². The highest BCUT2D eigenvalue weighted by molar-refractivity contribution is 6.22. The zero-order chi connectivity index (χ0) is 24.4. The molecular weight excluding hydrogens is 444 g/mol. The Morgan fingerprint density at radius 3 is 2.23 bits per heavy atom. The minimum Gasteiger partial charge on any atom is -0.426 e. The predicted molar refractivity (Wildman–Crippen MR) is 129 cm³/mol. The van der Waals surface area contributed by atoms with Crippen molar-refractivity contribution in [2.45, 2.75) is 39.5 Å². The van der Waals surface area contributed by atoms with E-state index in [1.807, 2.05) is 32.0 Å². The topological polar surface area (TPSA) is 84.0 Å². The summed E-state index contributed by atoms with van der Waals surface area (Å²) in [7, 11) is 0. The van der Waals surface area contributed by atoms with E-state index in [-0.39, 0.29) is 42.5 Å². The second-order valence-electron chi connectivity index (χ2n) is 10.5. The Hall–Kier alpha value is -3.48. The van der Waals surface area contributed by atoms with Crippen LogP contribution in [0.3, 0.4) is 0 Å². The van der Waals surface area contributed by atoms with Crippen LogP contribution < -0.4 is 14.5 Å². The van der Waals surface area contributed by atoms with Gasteiger partial charge in [-0.1, -0.05) is 12.1 Å². The van der Waals surface area contributed by atoms with E-state index >= 15 is 0 Å². The van der Waals surface area contributed by atoms with Crippen molar-refractivity contribution in [3.8, 4) is 5.75 Å². The largest absolute Gasteiger partial charge is 0.426 e. The number of fused-ring (bicyclic) bond motifs is 5. The number of anilines is 2. The molecule has 3 amide bonds. The number of amides is 3. The summed E-state index contributed by atoms with van der Waals surface area (Å²) in [5.74, 6) is -0.625.